The zero-order chi connectivity index (χ0) is 15.1. The van der Waals surface area contributed by atoms with Crippen LogP contribution in [0.3, 0.4) is 0 Å². The molecule has 0 radical (unpaired) electrons. The number of imidazole rings is 1. The lowest BCUT2D eigenvalue weighted by Crippen LogP contribution is -2.05. The Bertz CT molecular complexity index is 824. The van der Waals surface area contributed by atoms with Crippen LogP contribution in [-0.4, -0.2) is 26.5 Å². The van der Waals surface area contributed by atoms with Gasteiger partial charge >= 0.3 is 0 Å². The van der Waals surface area contributed by atoms with Gasteiger partial charge in [0, 0.05) is 12.0 Å². The second-order valence-electron chi connectivity index (χ2n) is 5.24. The minimum atomic E-state index is 0.309. The molecule has 110 valence electrons. The first kappa shape index (κ1) is 13.6. The first-order valence-electron chi connectivity index (χ1n) is 7.06. The van der Waals surface area contributed by atoms with Crippen LogP contribution in [0, 0.1) is 6.92 Å². The number of nitrogen functional groups attached to an aromatic ring is 1. The molecule has 6 heteroatoms. The van der Waals surface area contributed by atoms with Crippen LogP contribution in [0.4, 0.5) is 5.82 Å². The Labute approximate surface area is 123 Å². The van der Waals surface area contributed by atoms with Crippen molar-refractivity contribution in [2.45, 2.75) is 33.1 Å². The topological polar surface area (TPSA) is 78.3 Å². The van der Waals surface area contributed by atoms with E-state index in [1.165, 1.54) is 0 Å². The zero-order valence-electron chi connectivity index (χ0n) is 12.7. The predicted molar refractivity (Wildman–Crippen MR) is 82.7 cm³/mol. The molecule has 0 bridgehead atoms. The Morgan fingerprint density at radius 1 is 1.29 bits per heavy atom. The van der Waals surface area contributed by atoms with E-state index in [2.05, 4.69) is 28.8 Å². The van der Waals surface area contributed by atoms with Gasteiger partial charge in [0.2, 0.25) is 5.88 Å². The molecule has 0 fully saturated rings. The lowest BCUT2D eigenvalue weighted by molar-refractivity contribution is 0.399. The fourth-order valence-electron chi connectivity index (χ4n) is 2.55. The van der Waals surface area contributed by atoms with Crippen LogP contribution in [0.1, 0.15) is 37.7 Å². The molecule has 0 aromatic carbocycles. The summed E-state index contributed by atoms with van der Waals surface area (Å²) in [5, 5.41) is 0. The van der Waals surface area contributed by atoms with Gasteiger partial charge in [-0.05, 0) is 19.4 Å². The van der Waals surface area contributed by atoms with Gasteiger partial charge in [-0.3, -0.25) is 4.40 Å². The lowest BCUT2D eigenvalue weighted by Gasteiger charge is -2.11. The number of methoxy groups -OCH3 is 1. The molecule has 21 heavy (non-hydrogen) atoms. The molecule has 0 aliphatic heterocycles. The van der Waals surface area contributed by atoms with Crippen molar-refractivity contribution in [1.82, 2.24) is 19.4 Å². The van der Waals surface area contributed by atoms with Crippen molar-refractivity contribution >= 4 is 22.5 Å². The molecule has 3 heterocycles. The molecular weight excluding hydrogens is 266 g/mol. The molecule has 6 nitrogen and oxygen atoms in total. The van der Waals surface area contributed by atoms with Crippen LogP contribution in [0.15, 0.2) is 12.1 Å². The smallest absolute Gasteiger partial charge is 0.215 e. The van der Waals surface area contributed by atoms with Gasteiger partial charge in [-0.1, -0.05) is 13.8 Å². The standard InChI is InChI=1S/C15H19N5O/c1-5-8(2)14-17-9(3)12-13(16)18-10-6-7-11(21-4)19-15(10)20(12)14/h6-8H,5H2,1-4H3,(H2,16,18). The van der Waals surface area contributed by atoms with Crippen LogP contribution in [0.2, 0.25) is 0 Å². The van der Waals surface area contributed by atoms with Gasteiger partial charge < -0.3 is 10.5 Å². The highest BCUT2D eigenvalue weighted by atomic mass is 16.5. The van der Waals surface area contributed by atoms with Crippen LogP contribution in [0.5, 0.6) is 5.88 Å². The zero-order valence-corrected chi connectivity index (χ0v) is 12.7. The number of hydrogen-bond acceptors (Lipinski definition) is 5. The van der Waals surface area contributed by atoms with Crippen molar-refractivity contribution in [2.24, 2.45) is 0 Å². The van der Waals surface area contributed by atoms with Gasteiger partial charge in [0.05, 0.1) is 12.8 Å². The highest BCUT2D eigenvalue weighted by Crippen LogP contribution is 2.28. The quantitative estimate of drug-likeness (QED) is 0.800. The monoisotopic (exact) mass is 285 g/mol. The van der Waals surface area contributed by atoms with E-state index in [9.17, 15) is 0 Å². The molecule has 0 amide bonds. The molecule has 2 N–H and O–H groups in total. The number of hydrogen-bond donors (Lipinski definition) is 1. The first-order valence-corrected chi connectivity index (χ1v) is 7.06. The first-order chi connectivity index (χ1) is 10.1. The summed E-state index contributed by atoms with van der Waals surface area (Å²) >= 11 is 0. The molecule has 3 aromatic rings. The van der Waals surface area contributed by atoms with Gasteiger partial charge in [-0.15, -0.1) is 0 Å². The maximum atomic E-state index is 6.12. The fourth-order valence-corrected chi connectivity index (χ4v) is 2.55. The Balaban J connectivity index is 2.49. The van der Waals surface area contributed by atoms with Crippen LogP contribution < -0.4 is 10.5 Å². The summed E-state index contributed by atoms with van der Waals surface area (Å²) in [7, 11) is 1.60. The van der Waals surface area contributed by atoms with Crippen molar-refractivity contribution in [1.29, 1.82) is 0 Å². The van der Waals surface area contributed by atoms with Crippen molar-refractivity contribution in [2.75, 3.05) is 12.8 Å². The average molecular weight is 285 g/mol. The summed E-state index contributed by atoms with van der Waals surface area (Å²) in [4.78, 5) is 13.7. The summed E-state index contributed by atoms with van der Waals surface area (Å²) in [5.41, 5.74) is 9.30. The summed E-state index contributed by atoms with van der Waals surface area (Å²) in [6.45, 7) is 6.24. The van der Waals surface area contributed by atoms with Crippen molar-refractivity contribution < 1.29 is 4.74 Å². The number of fused-ring (bicyclic) bond motifs is 3. The van der Waals surface area contributed by atoms with E-state index in [1.54, 1.807) is 13.2 Å². The van der Waals surface area contributed by atoms with Gasteiger partial charge in [0.1, 0.15) is 16.9 Å². The van der Waals surface area contributed by atoms with Crippen molar-refractivity contribution in [3.05, 3.63) is 23.7 Å². The van der Waals surface area contributed by atoms with Crippen molar-refractivity contribution in [3.63, 3.8) is 0 Å². The summed E-state index contributed by atoms with van der Waals surface area (Å²) in [6, 6.07) is 3.65. The van der Waals surface area contributed by atoms with Crippen molar-refractivity contribution in [3.8, 4) is 5.88 Å². The van der Waals surface area contributed by atoms with E-state index in [4.69, 9.17) is 10.5 Å². The second-order valence-corrected chi connectivity index (χ2v) is 5.24. The Morgan fingerprint density at radius 2 is 2.05 bits per heavy atom. The third-order valence-corrected chi connectivity index (χ3v) is 3.86. The van der Waals surface area contributed by atoms with E-state index < -0.39 is 0 Å². The normalized spacial score (nSPS) is 13.0. The largest absolute Gasteiger partial charge is 0.481 e. The van der Waals surface area contributed by atoms with Crippen LogP contribution in [-0.2, 0) is 0 Å². The number of pyridine rings is 1. The number of aromatic nitrogens is 4. The molecular formula is C15H19N5O. The third kappa shape index (κ3) is 1.98. The predicted octanol–water partition coefficient (Wildman–Crippen LogP) is 2.69. The van der Waals surface area contributed by atoms with E-state index in [-0.39, 0.29) is 0 Å². The molecule has 0 saturated carbocycles. The number of nitrogens with two attached hydrogens (primary N) is 1. The number of anilines is 1. The maximum absolute atomic E-state index is 6.12. The average Bonchev–Trinajstić information content (AvgIpc) is 2.85. The fraction of sp³-hybridized carbons (Fsp3) is 0.400. The molecule has 0 aliphatic rings. The SMILES string of the molecule is CCC(C)c1nc(C)c2c(N)nc3ccc(OC)nc3n12. The molecule has 0 spiro atoms. The molecule has 1 atom stereocenters. The molecule has 3 aromatic heterocycles. The minimum Gasteiger partial charge on any atom is -0.481 e. The Hall–Kier alpha value is -2.37. The number of ether oxygens (including phenoxy) is 1. The molecule has 0 aliphatic carbocycles. The highest BCUT2D eigenvalue weighted by molar-refractivity contribution is 5.83. The number of nitrogens with zero attached hydrogens (tertiary/aromatic N) is 4. The van der Waals surface area contributed by atoms with Gasteiger partial charge in [0.25, 0.3) is 0 Å². The molecule has 3 rings (SSSR count). The second kappa shape index (κ2) is 4.87. The van der Waals surface area contributed by atoms with Crippen LogP contribution in [0.25, 0.3) is 16.7 Å². The van der Waals surface area contributed by atoms with E-state index in [0.717, 1.165) is 34.6 Å². The minimum absolute atomic E-state index is 0.309. The summed E-state index contributed by atoms with van der Waals surface area (Å²) in [6.07, 6.45) is 0.992. The third-order valence-electron chi connectivity index (χ3n) is 3.86. The lowest BCUT2D eigenvalue weighted by atomic mass is 10.1. The highest BCUT2D eigenvalue weighted by Gasteiger charge is 2.19. The van der Waals surface area contributed by atoms with E-state index in [0.29, 0.717) is 17.6 Å². The number of aryl methyl sites for hydroxylation is 1. The maximum Gasteiger partial charge on any atom is 0.215 e. The van der Waals surface area contributed by atoms with Gasteiger partial charge in [0.15, 0.2) is 11.5 Å². The summed E-state index contributed by atoms with van der Waals surface area (Å²) < 4.78 is 7.25. The number of rotatable bonds is 3. The van der Waals surface area contributed by atoms with Gasteiger partial charge in [-0.2, -0.15) is 4.98 Å². The van der Waals surface area contributed by atoms with Crippen LogP contribution >= 0.6 is 0 Å². The summed E-state index contributed by atoms with van der Waals surface area (Å²) in [5.74, 6) is 2.31. The Morgan fingerprint density at radius 3 is 2.71 bits per heavy atom. The molecule has 1 unspecified atom stereocenters. The van der Waals surface area contributed by atoms with E-state index in [1.807, 2.05) is 17.4 Å². The van der Waals surface area contributed by atoms with E-state index >= 15 is 0 Å². The Kier molecular flexibility index (Phi) is 3.16. The van der Waals surface area contributed by atoms with Gasteiger partial charge in [-0.25, -0.2) is 9.97 Å². The molecule has 0 saturated heterocycles.